The predicted octanol–water partition coefficient (Wildman–Crippen LogP) is 3.35. The molecule has 0 aliphatic rings. The molecule has 0 saturated carbocycles. The molecule has 0 saturated heterocycles. The standard InChI is InChI=1S/C13H18ClNO2/c1-4-7-13(2,3)15-12(17)10-8-9(16)5-6-11(10)14/h5-6,8,16H,4,7H2,1-3H3,(H,15,17). The summed E-state index contributed by atoms with van der Waals surface area (Å²) < 4.78 is 0. The molecule has 0 aliphatic heterocycles. The van der Waals surface area contributed by atoms with Gasteiger partial charge in [-0.25, -0.2) is 0 Å². The minimum Gasteiger partial charge on any atom is -0.508 e. The van der Waals surface area contributed by atoms with Crippen molar-refractivity contribution in [1.82, 2.24) is 5.32 Å². The van der Waals surface area contributed by atoms with Gasteiger partial charge >= 0.3 is 0 Å². The van der Waals surface area contributed by atoms with Crippen molar-refractivity contribution < 1.29 is 9.90 Å². The molecule has 0 radical (unpaired) electrons. The topological polar surface area (TPSA) is 49.3 Å². The Morgan fingerprint density at radius 1 is 1.47 bits per heavy atom. The first kappa shape index (κ1) is 13.8. The van der Waals surface area contributed by atoms with Gasteiger partial charge in [0.2, 0.25) is 0 Å². The van der Waals surface area contributed by atoms with Gasteiger partial charge in [-0.05, 0) is 38.5 Å². The molecule has 0 bridgehead atoms. The average molecular weight is 256 g/mol. The third kappa shape index (κ3) is 3.93. The molecule has 0 aromatic heterocycles. The maximum absolute atomic E-state index is 12.0. The first-order chi connectivity index (χ1) is 7.85. The number of halogens is 1. The number of carbonyl (C=O) groups is 1. The second kappa shape index (κ2) is 5.41. The Kier molecular flexibility index (Phi) is 4.40. The first-order valence-electron chi connectivity index (χ1n) is 5.67. The Hall–Kier alpha value is -1.22. The van der Waals surface area contributed by atoms with Crippen molar-refractivity contribution in [2.75, 3.05) is 0 Å². The van der Waals surface area contributed by atoms with Gasteiger partial charge in [-0.15, -0.1) is 0 Å². The molecule has 1 rings (SSSR count). The molecule has 4 heteroatoms. The molecule has 0 unspecified atom stereocenters. The van der Waals surface area contributed by atoms with Crippen LogP contribution in [0.25, 0.3) is 0 Å². The monoisotopic (exact) mass is 255 g/mol. The number of hydrogen-bond acceptors (Lipinski definition) is 2. The van der Waals surface area contributed by atoms with E-state index in [0.717, 1.165) is 12.8 Å². The summed E-state index contributed by atoms with van der Waals surface area (Å²) >= 11 is 5.93. The summed E-state index contributed by atoms with van der Waals surface area (Å²) in [6.45, 7) is 5.99. The van der Waals surface area contributed by atoms with Gasteiger partial charge in [0.05, 0.1) is 10.6 Å². The molecule has 0 fully saturated rings. The van der Waals surface area contributed by atoms with Gasteiger partial charge in [-0.3, -0.25) is 4.79 Å². The number of phenolic OH excluding ortho intramolecular Hbond substituents is 1. The molecular weight excluding hydrogens is 238 g/mol. The quantitative estimate of drug-likeness (QED) is 0.867. The fourth-order valence-electron chi connectivity index (χ4n) is 1.75. The van der Waals surface area contributed by atoms with Gasteiger partial charge in [0, 0.05) is 5.54 Å². The van der Waals surface area contributed by atoms with Crippen molar-refractivity contribution in [2.45, 2.75) is 39.2 Å². The van der Waals surface area contributed by atoms with Gasteiger partial charge in [0.1, 0.15) is 5.75 Å². The lowest BCUT2D eigenvalue weighted by Gasteiger charge is -2.26. The van der Waals surface area contributed by atoms with Crippen LogP contribution in [0.5, 0.6) is 5.75 Å². The maximum atomic E-state index is 12.0. The van der Waals surface area contributed by atoms with E-state index in [1.807, 2.05) is 13.8 Å². The number of rotatable bonds is 4. The van der Waals surface area contributed by atoms with Crippen LogP contribution in [0, 0.1) is 0 Å². The van der Waals surface area contributed by atoms with E-state index >= 15 is 0 Å². The zero-order valence-electron chi connectivity index (χ0n) is 10.4. The molecule has 2 N–H and O–H groups in total. The molecular formula is C13H18ClNO2. The molecule has 1 amide bonds. The number of carbonyl (C=O) groups excluding carboxylic acids is 1. The van der Waals surface area contributed by atoms with Crippen LogP contribution < -0.4 is 5.32 Å². The van der Waals surface area contributed by atoms with Gasteiger partial charge in [-0.1, -0.05) is 24.9 Å². The van der Waals surface area contributed by atoms with Crippen molar-refractivity contribution in [3.05, 3.63) is 28.8 Å². The van der Waals surface area contributed by atoms with Crippen LogP contribution in [-0.2, 0) is 0 Å². The van der Waals surface area contributed by atoms with Crippen molar-refractivity contribution in [2.24, 2.45) is 0 Å². The van der Waals surface area contributed by atoms with Gasteiger partial charge in [0.15, 0.2) is 0 Å². The zero-order chi connectivity index (χ0) is 13.1. The lowest BCUT2D eigenvalue weighted by atomic mass is 9.98. The summed E-state index contributed by atoms with van der Waals surface area (Å²) in [4.78, 5) is 12.0. The van der Waals surface area contributed by atoms with E-state index in [0.29, 0.717) is 10.6 Å². The third-order valence-electron chi connectivity index (χ3n) is 2.52. The van der Waals surface area contributed by atoms with Gasteiger partial charge in [0.25, 0.3) is 5.91 Å². The molecule has 94 valence electrons. The second-order valence-corrected chi connectivity index (χ2v) is 5.16. The summed E-state index contributed by atoms with van der Waals surface area (Å²) in [5, 5.41) is 12.6. The number of nitrogens with one attached hydrogen (secondary N) is 1. The van der Waals surface area contributed by atoms with Crippen molar-refractivity contribution >= 4 is 17.5 Å². The number of amides is 1. The van der Waals surface area contributed by atoms with Gasteiger partial charge in [-0.2, -0.15) is 0 Å². The van der Waals surface area contributed by atoms with E-state index in [-0.39, 0.29) is 17.2 Å². The van der Waals surface area contributed by atoms with E-state index < -0.39 is 0 Å². The summed E-state index contributed by atoms with van der Waals surface area (Å²) in [7, 11) is 0. The number of hydrogen-bond donors (Lipinski definition) is 2. The predicted molar refractivity (Wildman–Crippen MR) is 69.6 cm³/mol. The first-order valence-corrected chi connectivity index (χ1v) is 6.04. The molecule has 0 atom stereocenters. The lowest BCUT2D eigenvalue weighted by molar-refractivity contribution is 0.0909. The Bertz CT molecular complexity index is 416. The molecule has 0 aliphatic carbocycles. The fraction of sp³-hybridized carbons (Fsp3) is 0.462. The number of phenols is 1. The minimum atomic E-state index is -0.277. The van der Waals surface area contributed by atoms with E-state index in [4.69, 9.17) is 11.6 Å². The van der Waals surface area contributed by atoms with Crippen LogP contribution in [0.2, 0.25) is 5.02 Å². The van der Waals surface area contributed by atoms with Crippen LogP contribution in [-0.4, -0.2) is 16.6 Å². The molecule has 1 aromatic rings. The normalized spacial score (nSPS) is 11.3. The number of benzene rings is 1. The largest absolute Gasteiger partial charge is 0.508 e. The van der Waals surface area contributed by atoms with Crippen LogP contribution in [0.4, 0.5) is 0 Å². The third-order valence-corrected chi connectivity index (χ3v) is 2.85. The van der Waals surface area contributed by atoms with Crippen LogP contribution in [0.3, 0.4) is 0 Å². The van der Waals surface area contributed by atoms with Crippen molar-refractivity contribution in [3.63, 3.8) is 0 Å². The highest BCUT2D eigenvalue weighted by molar-refractivity contribution is 6.33. The van der Waals surface area contributed by atoms with E-state index in [1.165, 1.54) is 18.2 Å². The lowest BCUT2D eigenvalue weighted by Crippen LogP contribution is -2.43. The van der Waals surface area contributed by atoms with E-state index in [2.05, 4.69) is 12.2 Å². The SMILES string of the molecule is CCCC(C)(C)NC(=O)c1cc(O)ccc1Cl. The molecule has 1 aromatic carbocycles. The highest BCUT2D eigenvalue weighted by Crippen LogP contribution is 2.22. The summed E-state index contributed by atoms with van der Waals surface area (Å²) in [5.41, 5.74) is 0.0245. The van der Waals surface area contributed by atoms with E-state index in [9.17, 15) is 9.90 Å². The second-order valence-electron chi connectivity index (χ2n) is 4.75. The number of aromatic hydroxyl groups is 1. The van der Waals surface area contributed by atoms with Crippen molar-refractivity contribution in [3.8, 4) is 5.75 Å². The molecule has 0 heterocycles. The Morgan fingerprint density at radius 3 is 2.71 bits per heavy atom. The molecule has 3 nitrogen and oxygen atoms in total. The summed E-state index contributed by atoms with van der Waals surface area (Å²) in [6.07, 6.45) is 1.87. The Morgan fingerprint density at radius 2 is 2.12 bits per heavy atom. The van der Waals surface area contributed by atoms with Crippen LogP contribution in [0.15, 0.2) is 18.2 Å². The summed E-state index contributed by atoms with van der Waals surface area (Å²) in [5.74, 6) is -0.225. The van der Waals surface area contributed by atoms with Crippen LogP contribution in [0.1, 0.15) is 44.0 Å². The van der Waals surface area contributed by atoms with E-state index in [1.54, 1.807) is 0 Å². The van der Waals surface area contributed by atoms with Crippen LogP contribution >= 0.6 is 11.6 Å². The Labute approximate surface area is 107 Å². The zero-order valence-corrected chi connectivity index (χ0v) is 11.1. The maximum Gasteiger partial charge on any atom is 0.253 e. The summed E-state index contributed by atoms with van der Waals surface area (Å²) in [6, 6.07) is 4.34. The minimum absolute atomic E-state index is 0.0350. The highest BCUT2D eigenvalue weighted by Gasteiger charge is 2.21. The highest BCUT2D eigenvalue weighted by atomic mass is 35.5. The van der Waals surface area contributed by atoms with Gasteiger partial charge < -0.3 is 10.4 Å². The fourth-order valence-corrected chi connectivity index (χ4v) is 1.95. The smallest absolute Gasteiger partial charge is 0.253 e. The molecule has 0 spiro atoms. The Balaban J connectivity index is 2.86. The molecule has 17 heavy (non-hydrogen) atoms. The van der Waals surface area contributed by atoms with Crippen molar-refractivity contribution in [1.29, 1.82) is 0 Å². The average Bonchev–Trinajstić information content (AvgIpc) is 2.20.